The van der Waals surface area contributed by atoms with Crippen LogP contribution in [0.25, 0.3) is 10.9 Å². The van der Waals surface area contributed by atoms with Crippen LogP contribution in [0, 0.1) is 6.92 Å². The van der Waals surface area contributed by atoms with Gasteiger partial charge in [0.15, 0.2) is 18.1 Å². The smallest absolute Gasteiger partial charge is 0.282 e. The number of halogens is 3. The summed E-state index contributed by atoms with van der Waals surface area (Å²) < 4.78 is 14.1. The lowest BCUT2D eigenvalue weighted by molar-refractivity contribution is -0.118. The lowest BCUT2D eigenvalue weighted by Crippen LogP contribution is -2.22. The number of carbonyl (C=O) groups excluding carboxylic acids is 1. The number of para-hydroxylation sites is 1. The van der Waals surface area contributed by atoms with Crippen LogP contribution >= 0.6 is 43.5 Å². The van der Waals surface area contributed by atoms with Crippen LogP contribution in [-0.2, 0) is 11.2 Å². The van der Waals surface area contributed by atoms with Crippen molar-refractivity contribution in [3.05, 3.63) is 89.8 Å². The van der Waals surface area contributed by atoms with Gasteiger partial charge in [0.1, 0.15) is 10.8 Å². The number of anilines is 1. The van der Waals surface area contributed by atoms with Gasteiger partial charge in [0.2, 0.25) is 0 Å². The predicted molar refractivity (Wildman–Crippen MR) is 166 cm³/mol. The fourth-order valence-corrected chi connectivity index (χ4v) is 4.97. The Kier molecular flexibility index (Phi) is 9.99. The minimum atomic E-state index is -0.340. The van der Waals surface area contributed by atoms with E-state index in [0.29, 0.717) is 51.2 Å². The van der Waals surface area contributed by atoms with Crippen LogP contribution in [0.5, 0.6) is 11.5 Å². The van der Waals surface area contributed by atoms with Crippen molar-refractivity contribution in [2.75, 3.05) is 18.5 Å². The topological polar surface area (TPSA) is 94.8 Å². The highest BCUT2D eigenvalue weighted by Gasteiger charge is 2.19. The molecule has 0 aliphatic carbocycles. The number of rotatable bonds is 10. The first kappa shape index (κ1) is 29.8. The van der Waals surface area contributed by atoms with E-state index in [2.05, 4.69) is 47.3 Å². The van der Waals surface area contributed by atoms with Crippen LogP contribution in [-0.4, -0.2) is 35.0 Å². The van der Waals surface area contributed by atoms with Crippen LogP contribution in [0.4, 0.5) is 5.69 Å². The van der Waals surface area contributed by atoms with Gasteiger partial charge < -0.3 is 14.8 Å². The Morgan fingerprint density at radius 1 is 1.15 bits per heavy atom. The summed E-state index contributed by atoms with van der Waals surface area (Å²) in [5.41, 5.74) is 2.52. The van der Waals surface area contributed by atoms with Crippen molar-refractivity contribution < 1.29 is 14.3 Å². The zero-order valence-corrected chi connectivity index (χ0v) is 26.1. The Hall–Kier alpha value is -3.21. The van der Waals surface area contributed by atoms with E-state index in [-0.39, 0.29) is 28.8 Å². The van der Waals surface area contributed by atoms with E-state index >= 15 is 0 Å². The molecule has 0 bridgehead atoms. The van der Waals surface area contributed by atoms with Crippen LogP contribution in [0.1, 0.15) is 37.2 Å². The van der Waals surface area contributed by atoms with E-state index in [1.54, 1.807) is 18.2 Å². The average Bonchev–Trinajstić information content (AvgIpc) is 2.93. The zero-order valence-electron chi connectivity index (χ0n) is 22.1. The van der Waals surface area contributed by atoms with E-state index in [0.717, 1.165) is 16.5 Å². The number of aromatic nitrogens is 2. The molecule has 1 N–H and O–H groups in total. The molecule has 0 aliphatic heterocycles. The van der Waals surface area contributed by atoms with Crippen molar-refractivity contribution >= 4 is 72.2 Å². The Morgan fingerprint density at radius 3 is 2.65 bits per heavy atom. The molecule has 0 saturated carbocycles. The Balaban J connectivity index is 1.66. The first-order valence-electron chi connectivity index (χ1n) is 12.6. The molecule has 0 aliphatic rings. The lowest BCUT2D eigenvalue weighted by atomic mass is 10.2. The minimum absolute atomic E-state index is 0.206. The molecule has 208 valence electrons. The van der Waals surface area contributed by atoms with Gasteiger partial charge >= 0.3 is 0 Å². The van der Waals surface area contributed by atoms with Gasteiger partial charge in [-0.15, -0.1) is 0 Å². The van der Waals surface area contributed by atoms with Gasteiger partial charge in [-0.05, 0) is 72.1 Å². The molecule has 3 aromatic carbocycles. The second-order valence-electron chi connectivity index (χ2n) is 8.81. The van der Waals surface area contributed by atoms with Gasteiger partial charge in [0, 0.05) is 26.6 Å². The third kappa shape index (κ3) is 6.74. The normalized spacial score (nSPS) is 11.2. The van der Waals surface area contributed by atoms with Gasteiger partial charge in [-0.3, -0.25) is 9.59 Å². The molecule has 1 heterocycles. The Labute approximate surface area is 253 Å². The maximum Gasteiger partial charge on any atom is 0.282 e. The van der Waals surface area contributed by atoms with E-state index < -0.39 is 0 Å². The van der Waals surface area contributed by atoms with E-state index in [4.69, 9.17) is 21.1 Å². The maximum absolute atomic E-state index is 13.3. The van der Waals surface area contributed by atoms with Crippen molar-refractivity contribution in [3.8, 4) is 11.5 Å². The fraction of sp³-hybridized carbons (Fsp3) is 0.241. The maximum atomic E-state index is 13.3. The first-order valence-corrected chi connectivity index (χ1v) is 14.6. The highest BCUT2D eigenvalue weighted by atomic mass is 79.9. The molecule has 40 heavy (non-hydrogen) atoms. The zero-order chi connectivity index (χ0) is 28.8. The Bertz CT molecular complexity index is 1660. The van der Waals surface area contributed by atoms with Crippen LogP contribution in [0.15, 0.2) is 67.4 Å². The monoisotopic (exact) mass is 688 g/mol. The summed E-state index contributed by atoms with van der Waals surface area (Å²) >= 11 is 13.6. The van der Waals surface area contributed by atoms with Crippen LogP contribution in [0.3, 0.4) is 0 Å². The summed E-state index contributed by atoms with van der Waals surface area (Å²) in [5.74, 6) is 0.759. The second kappa shape index (κ2) is 13.4. The number of hydrogen-bond donors (Lipinski definition) is 1. The van der Waals surface area contributed by atoms with Crippen molar-refractivity contribution in [1.82, 2.24) is 9.66 Å². The summed E-state index contributed by atoms with van der Waals surface area (Å²) in [6.07, 6.45) is 2.87. The van der Waals surface area contributed by atoms with Crippen LogP contribution in [0.2, 0.25) is 5.02 Å². The summed E-state index contributed by atoms with van der Waals surface area (Å²) in [6, 6.07) is 14.5. The second-order valence-corrected chi connectivity index (χ2v) is 10.9. The van der Waals surface area contributed by atoms with Crippen molar-refractivity contribution in [2.45, 2.75) is 33.6 Å². The number of carbonyl (C=O) groups is 1. The molecule has 0 fully saturated rings. The highest BCUT2D eigenvalue weighted by Crippen LogP contribution is 2.42. The number of nitrogens with one attached hydrogen (secondary N) is 1. The minimum Gasteiger partial charge on any atom is -0.490 e. The number of ether oxygens (including phenoxy) is 2. The largest absolute Gasteiger partial charge is 0.490 e. The highest BCUT2D eigenvalue weighted by molar-refractivity contribution is 9.10. The average molecular weight is 691 g/mol. The molecule has 0 saturated heterocycles. The van der Waals surface area contributed by atoms with Gasteiger partial charge in [-0.2, -0.15) is 9.78 Å². The van der Waals surface area contributed by atoms with Crippen LogP contribution < -0.4 is 20.3 Å². The molecule has 11 heteroatoms. The number of hydrogen-bond acceptors (Lipinski definition) is 6. The van der Waals surface area contributed by atoms with E-state index in [1.165, 1.54) is 10.9 Å². The van der Waals surface area contributed by atoms with Crippen molar-refractivity contribution in [2.24, 2.45) is 5.10 Å². The van der Waals surface area contributed by atoms with Gasteiger partial charge in [0.25, 0.3) is 11.5 Å². The van der Waals surface area contributed by atoms with Gasteiger partial charge in [0.05, 0.1) is 23.7 Å². The standard InChI is InChI=1S/C29H27Br2ClN4O4/c1-4-8-24-34-22-12-11-19(30)14-20(22)29(38)36(24)33-15-18-13-23(39-5-2)28(27(32)26(18)31)40-16-25(37)35-21-10-7-6-9-17(21)3/h6-7,9-15H,4-5,8,16H2,1-3H3,(H,35,37). The predicted octanol–water partition coefficient (Wildman–Crippen LogP) is 7.13. The molecule has 1 aromatic heterocycles. The molecular weight excluding hydrogens is 664 g/mol. The summed E-state index contributed by atoms with van der Waals surface area (Å²) in [7, 11) is 0. The summed E-state index contributed by atoms with van der Waals surface area (Å²) in [6.45, 7) is 5.81. The number of aryl methyl sites for hydroxylation is 2. The van der Waals surface area contributed by atoms with Crippen molar-refractivity contribution in [1.29, 1.82) is 0 Å². The molecule has 8 nitrogen and oxygen atoms in total. The Morgan fingerprint density at radius 2 is 1.93 bits per heavy atom. The molecule has 4 aromatic rings. The molecule has 0 atom stereocenters. The third-order valence-electron chi connectivity index (χ3n) is 5.88. The molecular formula is C29H27Br2ClN4O4. The van der Waals surface area contributed by atoms with Gasteiger partial charge in [-0.1, -0.05) is 52.7 Å². The summed E-state index contributed by atoms with van der Waals surface area (Å²) in [4.78, 5) is 30.6. The number of amides is 1. The van der Waals surface area contributed by atoms with Crippen molar-refractivity contribution in [3.63, 3.8) is 0 Å². The number of fused-ring (bicyclic) bond motifs is 1. The lowest BCUT2D eigenvalue weighted by Gasteiger charge is -2.16. The number of nitrogens with zero attached hydrogens (tertiary/aromatic N) is 3. The third-order valence-corrected chi connectivity index (χ3v) is 7.82. The van der Waals surface area contributed by atoms with E-state index in [9.17, 15) is 9.59 Å². The SMILES string of the molecule is CCCc1nc2ccc(Br)cc2c(=O)n1N=Cc1cc(OCC)c(OCC(=O)Nc2ccccc2C)c(Cl)c1Br. The first-order chi connectivity index (χ1) is 19.2. The fourth-order valence-electron chi connectivity index (χ4n) is 3.95. The quantitative estimate of drug-likeness (QED) is 0.179. The van der Waals surface area contributed by atoms with Gasteiger partial charge in [-0.25, -0.2) is 4.98 Å². The molecule has 0 unspecified atom stereocenters. The summed E-state index contributed by atoms with van der Waals surface area (Å²) in [5, 5.41) is 7.98. The number of benzene rings is 3. The molecule has 1 amide bonds. The van der Waals surface area contributed by atoms with E-state index in [1.807, 2.05) is 51.1 Å². The molecule has 4 rings (SSSR count). The molecule has 0 spiro atoms. The molecule has 0 radical (unpaired) electrons.